The van der Waals surface area contributed by atoms with E-state index in [9.17, 15) is 14.0 Å². The number of hydrogen-bond acceptors (Lipinski definition) is 3. The molecule has 0 saturated carbocycles. The number of hydrogen-bond donors (Lipinski definition) is 1. The molecule has 1 heterocycles. The van der Waals surface area contributed by atoms with Crippen LogP contribution in [-0.2, 0) is 4.74 Å². The van der Waals surface area contributed by atoms with Gasteiger partial charge in [-0.15, -0.1) is 0 Å². The van der Waals surface area contributed by atoms with Crippen LogP contribution in [0.1, 0.15) is 15.9 Å². The second-order valence-electron chi connectivity index (χ2n) is 5.39. The van der Waals surface area contributed by atoms with Crippen LogP contribution in [0.3, 0.4) is 0 Å². The third-order valence-electron chi connectivity index (χ3n) is 3.70. The van der Waals surface area contributed by atoms with Crippen molar-refractivity contribution >= 4 is 29.3 Å². The smallest absolute Gasteiger partial charge is 0.414 e. The van der Waals surface area contributed by atoms with Crippen LogP contribution in [0.4, 0.5) is 14.9 Å². The van der Waals surface area contributed by atoms with Gasteiger partial charge in [-0.2, -0.15) is 0 Å². The highest BCUT2D eigenvalue weighted by Gasteiger charge is 2.23. The fraction of sp³-hybridized carbons (Fsp3) is 0.158. The average Bonchev–Trinajstić information content (AvgIpc) is 3.05. The average molecular weight is 373 g/mol. The molecule has 1 aliphatic heterocycles. The number of carbonyl (C=O) groups excluding carboxylic acids is 2. The lowest BCUT2D eigenvalue weighted by Crippen LogP contribution is -2.25. The van der Waals surface area contributed by atoms with Crippen molar-refractivity contribution < 1.29 is 18.7 Å². The lowest BCUT2D eigenvalue weighted by molar-refractivity contribution is 0.0955. The summed E-state index contributed by atoms with van der Waals surface area (Å²) in [6, 6.07) is 11.1. The fourth-order valence-corrected chi connectivity index (χ4v) is 2.68. The molecule has 1 fully saturated rings. The summed E-state index contributed by atoms with van der Waals surface area (Å²) >= 11 is 5.84. The van der Waals surface area contributed by atoms with Gasteiger partial charge in [-0.25, -0.2) is 9.18 Å². The third kappa shape index (κ3) is 3.95. The number of nitrogens with one attached hydrogen (secondary N) is 1. The van der Waals surface area contributed by atoms with Crippen molar-refractivity contribution in [2.45, 2.75) is 0 Å². The second kappa shape index (κ2) is 7.89. The monoisotopic (exact) mass is 372 g/mol. The van der Waals surface area contributed by atoms with Crippen molar-refractivity contribution in [2.24, 2.45) is 0 Å². The van der Waals surface area contributed by atoms with Gasteiger partial charge in [-0.3, -0.25) is 9.69 Å². The number of ether oxygens (including phenoxy) is 1. The topological polar surface area (TPSA) is 58.6 Å². The number of anilines is 1. The quantitative estimate of drug-likeness (QED) is 0.842. The van der Waals surface area contributed by atoms with Crippen LogP contribution in [0.25, 0.3) is 0 Å². The highest BCUT2D eigenvalue weighted by Crippen LogP contribution is 2.19. The summed E-state index contributed by atoms with van der Waals surface area (Å²) < 4.78 is 18.5. The Hall–Kier alpha value is -3.04. The van der Waals surface area contributed by atoms with Crippen LogP contribution in [0, 0.1) is 17.7 Å². The largest absolute Gasteiger partial charge is 0.447 e. The van der Waals surface area contributed by atoms with Crippen molar-refractivity contribution in [1.82, 2.24) is 5.32 Å². The van der Waals surface area contributed by atoms with Gasteiger partial charge in [0.1, 0.15) is 12.4 Å². The molecule has 2 aromatic rings. The lowest BCUT2D eigenvalue weighted by atomic mass is 10.2. The van der Waals surface area contributed by atoms with Crippen molar-refractivity contribution in [3.63, 3.8) is 0 Å². The summed E-state index contributed by atoms with van der Waals surface area (Å²) in [6.07, 6.45) is -0.363. The molecule has 0 aromatic heterocycles. The molecule has 3 rings (SSSR count). The minimum absolute atomic E-state index is 0.0453. The van der Waals surface area contributed by atoms with Crippen molar-refractivity contribution in [3.8, 4) is 11.8 Å². The minimum Gasteiger partial charge on any atom is -0.447 e. The highest BCUT2D eigenvalue weighted by molar-refractivity contribution is 6.33. The molecule has 7 heteroatoms. The molecule has 0 aliphatic carbocycles. The number of rotatable bonds is 3. The van der Waals surface area contributed by atoms with Gasteiger partial charge in [0.25, 0.3) is 5.91 Å². The molecule has 0 radical (unpaired) electrons. The molecule has 2 aromatic carbocycles. The Bertz CT molecular complexity index is 883. The van der Waals surface area contributed by atoms with Gasteiger partial charge in [-0.05, 0) is 36.4 Å². The van der Waals surface area contributed by atoms with Crippen molar-refractivity contribution in [3.05, 3.63) is 64.4 Å². The molecule has 0 spiro atoms. The predicted octanol–water partition coefficient (Wildman–Crippen LogP) is 3.22. The van der Waals surface area contributed by atoms with E-state index in [0.717, 1.165) is 11.3 Å². The van der Waals surface area contributed by atoms with E-state index in [-0.39, 0.29) is 23.2 Å². The molecule has 132 valence electrons. The summed E-state index contributed by atoms with van der Waals surface area (Å²) in [7, 11) is 0. The van der Waals surface area contributed by atoms with E-state index in [1.165, 1.54) is 23.1 Å². The van der Waals surface area contributed by atoms with Gasteiger partial charge in [0.15, 0.2) is 0 Å². The van der Waals surface area contributed by atoms with E-state index in [1.807, 2.05) is 0 Å². The Kier molecular flexibility index (Phi) is 5.40. The highest BCUT2D eigenvalue weighted by atomic mass is 35.5. The predicted molar refractivity (Wildman–Crippen MR) is 95.8 cm³/mol. The van der Waals surface area contributed by atoms with Crippen molar-refractivity contribution in [2.75, 3.05) is 24.6 Å². The van der Waals surface area contributed by atoms with E-state index in [1.54, 1.807) is 24.3 Å². The Labute approximate surface area is 154 Å². The zero-order valence-electron chi connectivity index (χ0n) is 13.6. The first-order chi connectivity index (χ1) is 12.6. The zero-order chi connectivity index (χ0) is 18.5. The Morgan fingerprint density at radius 2 is 2.04 bits per heavy atom. The van der Waals surface area contributed by atoms with Crippen LogP contribution in [0.5, 0.6) is 0 Å². The summed E-state index contributed by atoms with van der Waals surface area (Å²) in [4.78, 5) is 25.0. The Morgan fingerprint density at radius 1 is 1.27 bits per heavy atom. The normalized spacial score (nSPS) is 13.0. The van der Waals surface area contributed by atoms with Gasteiger partial charge in [-0.1, -0.05) is 29.5 Å². The molecule has 1 saturated heterocycles. The summed E-state index contributed by atoms with van der Waals surface area (Å²) in [5.74, 6) is 4.37. The molecule has 1 aliphatic rings. The second-order valence-corrected chi connectivity index (χ2v) is 5.80. The van der Waals surface area contributed by atoms with E-state index in [2.05, 4.69) is 17.2 Å². The van der Waals surface area contributed by atoms with E-state index < -0.39 is 11.7 Å². The number of nitrogens with zero attached hydrogens (tertiary/aromatic N) is 1. The fourth-order valence-electron chi connectivity index (χ4n) is 2.43. The standard InChI is InChI=1S/C19H14ClFN2O3/c20-15-4-1-5-16(21)17(15)18(24)22-10-2-3-13-6-8-14(9-7-13)23-11-12-26-19(23)25/h1,4-9H,10-12H2,(H,22,24). The van der Waals surface area contributed by atoms with E-state index in [4.69, 9.17) is 16.3 Å². The van der Waals surface area contributed by atoms with Crippen LogP contribution in [0.2, 0.25) is 5.02 Å². The van der Waals surface area contributed by atoms with Gasteiger partial charge in [0.05, 0.1) is 23.7 Å². The molecule has 0 bridgehead atoms. The summed E-state index contributed by atoms with van der Waals surface area (Å²) in [5, 5.41) is 2.55. The molecule has 2 amide bonds. The van der Waals surface area contributed by atoms with Gasteiger partial charge >= 0.3 is 6.09 Å². The van der Waals surface area contributed by atoms with Gasteiger partial charge in [0, 0.05) is 11.3 Å². The molecule has 5 nitrogen and oxygen atoms in total. The molecular weight excluding hydrogens is 359 g/mol. The molecular formula is C19H14ClFN2O3. The maximum absolute atomic E-state index is 13.7. The van der Waals surface area contributed by atoms with Gasteiger partial charge < -0.3 is 10.1 Å². The molecule has 26 heavy (non-hydrogen) atoms. The van der Waals surface area contributed by atoms with Crippen LogP contribution >= 0.6 is 11.6 Å². The minimum atomic E-state index is -0.681. The number of amides is 2. The van der Waals surface area contributed by atoms with E-state index in [0.29, 0.717) is 13.2 Å². The Balaban J connectivity index is 1.58. The first-order valence-electron chi connectivity index (χ1n) is 7.81. The Morgan fingerprint density at radius 3 is 2.69 bits per heavy atom. The van der Waals surface area contributed by atoms with Crippen molar-refractivity contribution in [1.29, 1.82) is 0 Å². The van der Waals surface area contributed by atoms with Crippen LogP contribution < -0.4 is 10.2 Å². The maximum atomic E-state index is 13.7. The lowest BCUT2D eigenvalue weighted by Gasteiger charge is -2.11. The maximum Gasteiger partial charge on any atom is 0.414 e. The molecule has 1 N–H and O–H groups in total. The first-order valence-corrected chi connectivity index (χ1v) is 8.19. The zero-order valence-corrected chi connectivity index (χ0v) is 14.3. The first kappa shape index (κ1) is 17.8. The number of benzene rings is 2. The van der Waals surface area contributed by atoms with Crippen LogP contribution in [0.15, 0.2) is 42.5 Å². The number of halogens is 2. The summed E-state index contributed by atoms with van der Waals surface area (Å²) in [5.41, 5.74) is 1.26. The SMILES string of the molecule is O=C(NCC#Cc1ccc(N2CCOC2=O)cc1)c1c(F)cccc1Cl. The van der Waals surface area contributed by atoms with Gasteiger partial charge in [0.2, 0.25) is 0 Å². The van der Waals surface area contributed by atoms with Crippen LogP contribution in [-0.4, -0.2) is 31.7 Å². The third-order valence-corrected chi connectivity index (χ3v) is 4.01. The number of carbonyl (C=O) groups is 2. The number of cyclic esters (lactones) is 1. The summed E-state index contributed by atoms with van der Waals surface area (Å²) in [6.45, 7) is 0.949. The molecule has 0 atom stereocenters. The molecule has 0 unspecified atom stereocenters. The van der Waals surface area contributed by atoms with E-state index >= 15 is 0 Å².